The molecule has 0 unspecified atom stereocenters. The van der Waals surface area contributed by atoms with Gasteiger partial charge in [-0.2, -0.15) is 0 Å². The van der Waals surface area contributed by atoms with Crippen LogP contribution in [0.2, 0.25) is 0 Å². The van der Waals surface area contributed by atoms with Gasteiger partial charge in [0.1, 0.15) is 5.70 Å². The van der Waals surface area contributed by atoms with Gasteiger partial charge in [-0.05, 0) is 31.0 Å². The summed E-state index contributed by atoms with van der Waals surface area (Å²) in [4.78, 5) is 37.9. The van der Waals surface area contributed by atoms with Gasteiger partial charge in [-0.25, -0.2) is 9.59 Å². The molecule has 0 radical (unpaired) electrons. The normalized spacial score (nSPS) is 15.0. The topological polar surface area (TPSA) is 84.9 Å². The lowest BCUT2D eigenvalue weighted by Crippen LogP contribution is -2.31. The molecule has 1 aromatic carbocycles. The summed E-state index contributed by atoms with van der Waals surface area (Å²) in [5.74, 6) is -1.43. The van der Waals surface area contributed by atoms with Crippen molar-refractivity contribution in [2.75, 3.05) is 32.6 Å². The van der Waals surface area contributed by atoms with E-state index in [2.05, 4.69) is 14.8 Å². The van der Waals surface area contributed by atoms with Crippen LogP contribution in [0.15, 0.2) is 36.0 Å². The zero-order chi connectivity index (χ0) is 18.9. The maximum absolute atomic E-state index is 12.7. The van der Waals surface area contributed by atoms with Crippen LogP contribution in [0.3, 0.4) is 0 Å². The molecule has 1 aliphatic heterocycles. The Morgan fingerprint density at radius 1 is 1.04 bits per heavy atom. The highest BCUT2D eigenvalue weighted by molar-refractivity contribution is 5.99. The summed E-state index contributed by atoms with van der Waals surface area (Å²) >= 11 is 0. The van der Waals surface area contributed by atoms with Crippen molar-refractivity contribution in [3.63, 3.8) is 0 Å². The zero-order valence-electron chi connectivity index (χ0n) is 15.1. The molecular formula is C19H24N2O5. The van der Waals surface area contributed by atoms with E-state index in [-0.39, 0.29) is 11.6 Å². The standard InChI is InChI=1S/C19H24N2O5/c1-25-17(22)13-16(19(24)26-2)20-15-9-7-8-14(12-15)18(23)21-10-5-3-4-6-11-21/h7-9,12-13,20H,3-6,10-11H2,1-2H3/b16-13+. The first-order valence-corrected chi connectivity index (χ1v) is 8.59. The van der Waals surface area contributed by atoms with E-state index in [1.54, 1.807) is 24.3 Å². The third-order valence-electron chi connectivity index (χ3n) is 4.15. The minimum absolute atomic E-state index is 0.0351. The average Bonchev–Trinajstić information content (AvgIpc) is 2.95. The predicted molar refractivity (Wildman–Crippen MR) is 96.6 cm³/mol. The van der Waals surface area contributed by atoms with E-state index < -0.39 is 11.9 Å². The van der Waals surface area contributed by atoms with E-state index in [4.69, 9.17) is 0 Å². The second-order valence-corrected chi connectivity index (χ2v) is 5.98. The fourth-order valence-electron chi connectivity index (χ4n) is 2.77. The van der Waals surface area contributed by atoms with Crippen LogP contribution in [0.25, 0.3) is 0 Å². The van der Waals surface area contributed by atoms with E-state index in [1.807, 2.05) is 4.90 Å². The van der Waals surface area contributed by atoms with Crippen LogP contribution < -0.4 is 5.32 Å². The third kappa shape index (κ3) is 5.34. The third-order valence-corrected chi connectivity index (χ3v) is 4.15. The maximum atomic E-state index is 12.7. The van der Waals surface area contributed by atoms with E-state index >= 15 is 0 Å². The van der Waals surface area contributed by atoms with Crippen LogP contribution in [-0.2, 0) is 19.1 Å². The molecule has 26 heavy (non-hydrogen) atoms. The number of esters is 2. The van der Waals surface area contributed by atoms with Gasteiger partial charge in [0.05, 0.1) is 20.3 Å². The van der Waals surface area contributed by atoms with Crippen molar-refractivity contribution in [2.45, 2.75) is 25.7 Å². The highest BCUT2D eigenvalue weighted by Gasteiger charge is 2.18. The van der Waals surface area contributed by atoms with Gasteiger partial charge in [-0.1, -0.05) is 18.9 Å². The van der Waals surface area contributed by atoms with E-state index in [9.17, 15) is 14.4 Å². The molecule has 1 heterocycles. The fourth-order valence-corrected chi connectivity index (χ4v) is 2.77. The number of benzene rings is 1. The summed E-state index contributed by atoms with van der Waals surface area (Å²) in [7, 11) is 2.43. The van der Waals surface area contributed by atoms with E-state index in [0.717, 1.165) is 44.8 Å². The van der Waals surface area contributed by atoms with Crippen molar-refractivity contribution < 1.29 is 23.9 Å². The molecule has 2 rings (SSSR count). The maximum Gasteiger partial charge on any atom is 0.354 e. The Morgan fingerprint density at radius 3 is 2.35 bits per heavy atom. The summed E-state index contributed by atoms with van der Waals surface area (Å²) in [5.41, 5.74) is 0.962. The Bertz CT molecular complexity index is 691. The number of anilines is 1. The van der Waals surface area contributed by atoms with Gasteiger partial charge in [0.2, 0.25) is 0 Å². The van der Waals surface area contributed by atoms with Crippen LogP contribution in [0, 0.1) is 0 Å². The molecule has 0 bridgehead atoms. The van der Waals surface area contributed by atoms with Crippen LogP contribution in [-0.4, -0.2) is 50.1 Å². The van der Waals surface area contributed by atoms with Gasteiger partial charge in [0, 0.05) is 24.3 Å². The molecule has 0 aliphatic carbocycles. The van der Waals surface area contributed by atoms with Gasteiger partial charge in [-0.3, -0.25) is 4.79 Å². The fraction of sp³-hybridized carbons (Fsp3) is 0.421. The lowest BCUT2D eigenvalue weighted by atomic mass is 10.1. The minimum atomic E-state index is -0.709. The van der Waals surface area contributed by atoms with Crippen LogP contribution in [0.5, 0.6) is 0 Å². The lowest BCUT2D eigenvalue weighted by molar-refractivity contribution is -0.138. The van der Waals surface area contributed by atoms with Gasteiger partial charge in [-0.15, -0.1) is 0 Å². The number of hydrogen-bond donors (Lipinski definition) is 1. The average molecular weight is 360 g/mol. The van der Waals surface area contributed by atoms with E-state index in [1.165, 1.54) is 14.2 Å². The number of amides is 1. The van der Waals surface area contributed by atoms with Crippen LogP contribution >= 0.6 is 0 Å². The Morgan fingerprint density at radius 2 is 1.73 bits per heavy atom. The second kappa shape index (κ2) is 9.60. The molecule has 7 nitrogen and oxygen atoms in total. The number of rotatable bonds is 5. The molecule has 1 aromatic rings. The second-order valence-electron chi connectivity index (χ2n) is 5.98. The summed E-state index contributed by atoms with van der Waals surface area (Å²) in [6, 6.07) is 6.81. The van der Waals surface area contributed by atoms with Crippen LogP contribution in [0.4, 0.5) is 5.69 Å². The SMILES string of the molecule is COC(=O)/C=C(/Nc1cccc(C(=O)N2CCCCCC2)c1)C(=O)OC. The first-order valence-electron chi connectivity index (χ1n) is 8.59. The number of nitrogens with one attached hydrogen (secondary N) is 1. The quantitative estimate of drug-likeness (QED) is 0.641. The summed E-state index contributed by atoms with van der Waals surface area (Å²) in [6.45, 7) is 1.51. The molecule has 1 amide bonds. The molecule has 1 N–H and O–H groups in total. The van der Waals surface area contributed by atoms with Crippen molar-refractivity contribution in [3.8, 4) is 0 Å². The minimum Gasteiger partial charge on any atom is -0.466 e. The molecule has 0 atom stereocenters. The molecule has 140 valence electrons. The number of carbonyl (C=O) groups excluding carboxylic acids is 3. The Labute approximate surface area is 153 Å². The van der Waals surface area contributed by atoms with Crippen molar-refractivity contribution in [2.24, 2.45) is 0 Å². The highest BCUT2D eigenvalue weighted by Crippen LogP contribution is 2.18. The Balaban J connectivity index is 2.18. The Hall–Kier alpha value is -2.83. The Kier molecular flexibility index (Phi) is 7.20. The highest BCUT2D eigenvalue weighted by atomic mass is 16.5. The summed E-state index contributed by atoms with van der Waals surface area (Å²) in [6.07, 6.45) is 5.32. The van der Waals surface area contributed by atoms with Gasteiger partial charge in [0.15, 0.2) is 0 Å². The lowest BCUT2D eigenvalue weighted by Gasteiger charge is -2.20. The van der Waals surface area contributed by atoms with E-state index in [0.29, 0.717) is 11.3 Å². The van der Waals surface area contributed by atoms with Gasteiger partial charge in [0.25, 0.3) is 5.91 Å². The molecule has 1 saturated heterocycles. The summed E-state index contributed by atoms with van der Waals surface area (Å²) < 4.78 is 9.21. The molecule has 1 fully saturated rings. The molecule has 0 saturated carbocycles. The number of ether oxygens (including phenoxy) is 2. The zero-order valence-corrected chi connectivity index (χ0v) is 15.1. The number of nitrogens with zero attached hydrogens (tertiary/aromatic N) is 1. The monoisotopic (exact) mass is 360 g/mol. The van der Waals surface area contributed by atoms with Crippen molar-refractivity contribution in [3.05, 3.63) is 41.6 Å². The number of likely N-dealkylation sites (tertiary alicyclic amines) is 1. The summed E-state index contributed by atoms with van der Waals surface area (Å²) in [5, 5.41) is 2.82. The van der Waals surface area contributed by atoms with Gasteiger partial charge >= 0.3 is 11.9 Å². The molecule has 1 aliphatic rings. The van der Waals surface area contributed by atoms with Gasteiger partial charge < -0.3 is 19.7 Å². The molecule has 0 spiro atoms. The smallest absolute Gasteiger partial charge is 0.354 e. The van der Waals surface area contributed by atoms with Crippen LogP contribution in [0.1, 0.15) is 36.0 Å². The van der Waals surface area contributed by atoms with Crippen molar-refractivity contribution in [1.82, 2.24) is 4.90 Å². The first-order chi connectivity index (χ1) is 12.5. The number of methoxy groups -OCH3 is 2. The number of carbonyl (C=O) groups is 3. The predicted octanol–water partition coefficient (Wildman–Crippen LogP) is 2.34. The molecule has 0 aromatic heterocycles. The first kappa shape index (κ1) is 19.5. The largest absolute Gasteiger partial charge is 0.466 e. The molecular weight excluding hydrogens is 336 g/mol. The molecule has 7 heteroatoms. The van der Waals surface area contributed by atoms with Crippen molar-refractivity contribution >= 4 is 23.5 Å². The number of hydrogen-bond acceptors (Lipinski definition) is 6. The van der Waals surface area contributed by atoms with Crippen molar-refractivity contribution in [1.29, 1.82) is 0 Å².